The van der Waals surface area contributed by atoms with E-state index >= 15 is 0 Å². The number of ether oxygens (including phenoxy) is 1. The highest BCUT2D eigenvalue weighted by molar-refractivity contribution is 5.94. The number of benzene rings is 1. The number of rotatable bonds is 5. The van der Waals surface area contributed by atoms with Crippen LogP contribution in [-0.2, 0) is 11.0 Å². The Hall–Kier alpha value is -3.37. The van der Waals surface area contributed by atoms with Crippen molar-refractivity contribution < 1.29 is 27.5 Å². The molecule has 0 aliphatic carbocycles. The van der Waals surface area contributed by atoms with Crippen LogP contribution in [-0.4, -0.2) is 46.9 Å². The van der Waals surface area contributed by atoms with Gasteiger partial charge in [-0.15, -0.1) is 0 Å². The molecule has 0 unspecified atom stereocenters. The molecule has 8 nitrogen and oxygen atoms in total. The first-order chi connectivity index (χ1) is 14.3. The summed E-state index contributed by atoms with van der Waals surface area (Å²) < 4.78 is 42.9. The molecular weight excluding hydrogens is 403 g/mol. The van der Waals surface area contributed by atoms with Crippen molar-refractivity contribution in [2.24, 2.45) is 5.92 Å². The standard InChI is InChI=1S/C19H20F3N5O3/c1-30-15-6-9-23-18(24-15)26-25-16(28)12-7-10-27(11-8-12)17(29)13-2-4-14(5-3-13)19(20,21)22/h2-6,9,12H,7-8,10-11H2,1H3,(H,25,28)(H,23,24,26). The summed E-state index contributed by atoms with van der Waals surface area (Å²) in [5.74, 6) is -0.414. The molecule has 1 aromatic heterocycles. The van der Waals surface area contributed by atoms with Crippen molar-refractivity contribution in [3.63, 3.8) is 0 Å². The number of nitrogens with zero attached hydrogens (tertiary/aromatic N) is 3. The lowest BCUT2D eigenvalue weighted by molar-refractivity contribution is -0.137. The maximum Gasteiger partial charge on any atom is 0.416 e. The molecule has 3 rings (SSSR count). The van der Waals surface area contributed by atoms with Gasteiger partial charge in [0.2, 0.25) is 17.7 Å². The normalized spacial score (nSPS) is 14.9. The smallest absolute Gasteiger partial charge is 0.416 e. The minimum absolute atomic E-state index is 0.178. The van der Waals surface area contributed by atoms with Gasteiger partial charge >= 0.3 is 6.18 Å². The van der Waals surface area contributed by atoms with Crippen molar-refractivity contribution in [3.05, 3.63) is 47.7 Å². The van der Waals surface area contributed by atoms with Crippen molar-refractivity contribution in [2.75, 3.05) is 25.6 Å². The monoisotopic (exact) mass is 423 g/mol. The molecule has 160 valence electrons. The third kappa shape index (κ3) is 5.16. The summed E-state index contributed by atoms with van der Waals surface area (Å²) in [6, 6.07) is 5.68. The topological polar surface area (TPSA) is 96.5 Å². The highest BCUT2D eigenvalue weighted by Crippen LogP contribution is 2.29. The number of nitrogens with one attached hydrogen (secondary N) is 2. The molecule has 0 spiro atoms. The molecule has 2 aromatic rings. The fraction of sp³-hybridized carbons (Fsp3) is 0.368. The van der Waals surface area contributed by atoms with Gasteiger partial charge in [0.15, 0.2) is 0 Å². The molecule has 1 fully saturated rings. The molecule has 2 heterocycles. The Morgan fingerprint density at radius 1 is 1.13 bits per heavy atom. The molecule has 1 aliphatic heterocycles. The zero-order valence-electron chi connectivity index (χ0n) is 16.1. The van der Waals surface area contributed by atoms with Gasteiger partial charge in [0.25, 0.3) is 5.91 Å². The Bertz CT molecular complexity index is 897. The maximum atomic E-state index is 12.7. The van der Waals surface area contributed by atoms with E-state index in [2.05, 4.69) is 20.8 Å². The second kappa shape index (κ2) is 8.97. The summed E-state index contributed by atoms with van der Waals surface area (Å²) in [5, 5.41) is 0. The van der Waals surface area contributed by atoms with E-state index in [-0.39, 0.29) is 29.2 Å². The summed E-state index contributed by atoms with van der Waals surface area (Å²) >= 11 is 0. The highest BCUT2D eigenvalue weighted by atomic mass is 19.4. The van der Waals surface area contributed by atoms with Gasteiger partial charge in [0.1, 0.15) is 0 Å². The van der Waals surface area contributed by atoms with E-state index < -0.39 is 11.7 Å². The Morgan fingerprint density at radius 3 is 2.40 bits per heavy atom. The number of hydrogen-bond donors (Lipinski definition) is 2. The molecule has 1 saturated heterocycles. The predicted molar refractivity (Wildman–Crippen MR) is 100 cm³/mol. The zero-order chi connectivity index (χ0) is 21.7. The quantitative estimate of drug-likeness (QED) is 0.718. The highest BCUT2D eigenvalue weighted by Gasteiger charge is 2.31. The van der Waals surface area contributed by atoms with Crippen molar-refractivity contribution in [3.8, 4) is 5.88 Å². The van der Waals surface area contributed by atoms with Gasteiger partial charge < -0.3 is 9.64 Å². The van der Waals surface area contributed by atoms with Crippen LogP contribution in [0.15, 0.2) is 36.5 Å². The van der Waals surface area contributed by atoms with E-state index in [9.17, 15) is 22.8 Å². The zero-order valence-corrected chi connectivity index (χ0v) is 16.1. The molecule has 2 N–H and O–H groups in total. The number of anilines is 1. The summed E-state index contributed by atoms with van der Waals surface area (Å²) in [6.07, 6.45) is -2.11. The lowest BCUT2D eigenvalue weighted by Gasteiger charge is -2.31. The molecule has 0 atom stereocenters. The second-order valence-corrected chi connectivity index (χ2v) is 6.68. The van der Waals surface area contributed by atoms with Crippen molar-refractivity contribution in [1.29, 1.82) is 0 Å². The SMILES string of the molecule is COc1ccnc(NNC(=O)C2CCN(C(=O)c3ccc(C(F)(F)F)cc3)CC2)n1. The van der Waals surface area contributed by atoms with Gasteiger partial charge in [-0.25, -0.2) is 4.98 Å². The van der Waals surface area contributed by atoms with E-state index in [0.717, 1.165) is 12.1 Å². The number of methoxy groups -OCH3 is 1. The Balaban J connectivity index is 1.50. The Labute approximate surface area is 170 Å². The van der Waals surface area contributed by atoms with Gasteiger partial charge in [0, 0.05) is 36.8 Å². The number of alkyl halides is 3. The molecule has 1 aromatic carbocycles. The molecule has 0 saturated carbocycles. The number of carbonyl (C=O) groups excluding carboxylic acids is 2. The number of likely N-dealkylation sites (tertiary alicyclic amines) is 1. The number of halogens is 3. The van der Waals surface area contributed by atoms with E-state index in [1.165, 1.54) is 30.3 Å². The predicted octanol–water partition coefficient (Wildman–Crippen LogP) is 2.50. The maximum absolute atomic E-state index is 12.7. The van der Waals surface area contributed by atoms with Crippen LogP contribution in [0.5, 0.6) is 5.88 Å². The number of piperidine rings is 1. The molecular formula is C19H20F3N5O3. The van der Waals surface area contributed by atoms with Gasteiger partial charge in [-0.05, 0) is 37.1 Å². The first-order valence-corrected chi connectivity index (χ1v) is 9.17. The average Bonchev–Trinajstić information content (AvgIpc) is 2.76. The van der Waals surface area contributed by atoms with Crippen LogP contribution in [0.4, 0.5) is 19.1 Å². The van der Waals surface area contributed by atoms with E-state index in [0.29, 0.717) is 31.8 Å². The van der Waals surface area contributed by atoms with Gasteiger partial charge in [-0.2, -0.15) is 18.2 Å². The fourth-order valence-electron chi connectivity index (χ4n) is 3.06. The molecule has 1 aliphatic rings. The van der Waals surface area contributed by atoms with Crippen LogP contribution in [0.2, 0.25) is 0 Å². The first-order valence-electron chi connectivity index (χ1n) is 9.17. The van der Waals surface area contributed by atoms with E-state index in [1.54, 1.807) is 6.07 Å². The second-order valence-electron chi connectivity index (χ2n) is 6.68. The van der Waals surface area contributed by atoms with Crippen LogP contribution in [0.1, 0.15) is 28.8 Å². The molecule has 0 radical (unpaired) electrons. The Morgan fingerprint density at radius 2 is 1.80 bits per heavy atom. The fourth-order valence-corrected chi connectivity index (χ4v) is 3.06. The van der Waals surface area contributed by atoms with Crippen LogP contribution < -0.4 is 15.6 Å². The summed E-state index contributed by atoms with van der Waals surface area (Å²) in [7, 11) is 1.46. The van der Waals surface area contributed by atoms with Crippen molar-refractivity contribution >= 4 is 17.8 Å². The summed E-state index contributed by atoms with van der Waals surface area (Å²) in [5.41, 5.74) is 4.54. The van der Waals surface area contributed by atoms with E-state index in [1.807, 2.05) is 0 Å². The van der Waals surface area contributed by atoms with Gasteiger partial charge in [-0.1, -0.05) is 0 Å². The minimum Gasteiger partial charge on any atom is -0.481 e. The molecule has 0 bridgehead atoms. The number of hydrogen-bond acceptors (Lipinski definition) is 6. The van der Waals surface area contributed by atoms with Crippen LogP contribution in [0.25, 0.3) is 0 Å². The summed E-state index contributed by atoms with van der Waals surface area (Å²) in [6.45, 7) is 0.654. The lowest BCUT2D eigenvalue weighted by Crippen LogP contribution is -2.44. The van der Waals surface area contributed by atoms with Crippen molar-refractivity contribution in [1.82, 2.24) is 20.3 Å². The lowest BCUT2D eigenvalue weighted by atomic mass is 9.95. The third-order valence-corrected chi connectivity index (χ3v) is 4.75. The first kappa shape index (κ1) is 21.3. The number of aromatic nitrogens is 2. The number of amides is 2. The molecule has 11 heteroatoms. The minimum atomic E-state index is -4.45. The third-order valence-electron chi connectivity index (χ3n) is 4.75. The molecule has 30 heavy (non-hydrogen) atoms. The van der Waals surface area contributed by atoms with Gasteiger partial charge in [0.05, 0.1) is 12.7 Å². The van der Waals surface area contributed by atoms with Crippen LogP contribution in [0, 0.1) is 5.92 Å². The van der Waals surface area contributed by atoms with E-state index in [4.69, 9.17) is 4.74 Å². The largest absolute Gasteiger partial charge is 0.481 e. The molecule has 2 amide bonds. The van der Waals surface area contributed by atoms with Gasteiger partial charge in [-0.3, -0.25) is 20.4 Å². The van der Waals surface area contributed by atoms with Crippen molar-refractivity contribution in [2.45, 2.75) is 19.0 Å². The average molecular weight is 423 g/mol. The number of carbonyl (C=O) groups is 2. The number of hydrazine groups is 1. The van der Waals surface area contributed by atoms with Crippen LogP contribution >= 0.6 is 0 Å². The summed E-state index contributed by atoms with van der Waals surface area (Å²) in [4.78, 5) is 34.3. The van der Waals surface area contributed by atoms with Crippen LogP contribution in [0.3, 0.4) is 0 Å². The Kier molecular flexibility index (Phi) is 6.38.